The number of anilines is 6. The zero-order valence-corrected chi connectivity index (χ0v) is 46.7. The van der Waals surface area contributed by atoms with Crippen LogP contribution in [0.1, 0.15) is 175 Å². The van der Waals surface area contributed by atoms with Gasteiger partial charge in [0.15, 0.2) is 0 Å². The van der Waals surface area contributed by atoms with Gasteiger partial charge in [0.05, 0.1) is 11.4 Å². The van der Waals surface area contributed by atoms with Gasteiger partial charge in [-0.3, -0.25) is 0 Å². The summed E-state index contributed by atoms with van der Waals surface area (Å²) in [5.41, 5.74) is 17.4. The van der Waals surface area contributed by atoms with Crippen LogP contribution in [0.15, 0.2) is 182 Å². The minimum absolute atomic E-state index is 1.13. The molecule has 2 nitrogen and oxygen atoms in total. The van der Waals surface area contributed by atoms with Gasteiger partial charge in [-0.05, 0) is 179 Å². The van der Waals surface area contributed by atoms with Crippen molar-refractivity contribution in [2.24, 2.45) is 0 Å². The van der Waals surface area contributed by atoms with E-state index in [4.69, 9.17) is 0 Å². The predicted molar refractivity (Wildman–Crippen MR) is 335 cm³/mol. The number of aryl methyl sites for hydroxylation is 4. The number of nitrogens with zero attached hydrogens (tertiary/aromatic N) is 2. The fraction of sp³-hybridized carbons (Fsp3) is 0.324. The van der Waals surface area contributed by atoms with Gasteiger partial charge in [0, 0.05) is 22.7 Å². The van der Waals surface area contributed by atoms with E-state index in [-0.39, 0.29) is 0 Å². The van der Waals surface area contributed by atoms with Gasteiger partial charge in [-0.1, -0.05) is 238 Å². The Bertz CT molecular complexity index is 2690. The lowest BCUT2D eigenvalue weighted by molar-refractivity contribution is 0.667. The van der Waals surface area contributed by atoms with Crippen LogP contribution in [0.5, 0.6) is 0 Å². The van der Waals surface area contributed by atoms with Crippen molar-refractivity contribution in [3.8, 4) is 0 Å². The molecule has 0 amide bonds. The molecule has 8 aromatic rings. The van der Waals surface area contributed by atoms with Crippen molar-refractivity contribution >= 4 is 69.2 Å². The molecule has 0 heterocycles. The SMILES string of the molecule is CCCCCCc1ccc(N(c2ccc(CCCCCC)cc2)c2ccccc2/C=C/c2ccc3cc(/C=C/c4ccccc4N(c4ccc(CCCCCC)cc4)c4ccc(CCCCCC)cc4)ccc3c2)cc1. The number of benzene rings is 8. The Morgan fingerprint density at radius 1 is 0.276 bits per heavy atom. The van der Waals surface area contributed by atoms with E-state index in [0.717, 1.165) is 25.7 Å². The highest BCUT2D eigenvalue weighted by Gasteiger charge is 2.17. The Morgan fingerprint density at radius 3 is 0.855 bits per heavy atom. The number of fused-ring (bicyclic) bond motifs is 1. The van der Waals surface area contributed by atoms with Crippen molar-refractivity contribution in [1.29, 1.82) is 0 Å². The highest BCUT2D eigenvalue weighted by molar-refractivity contribution is 5.91. The average Bonchev–Trinajstić information content (AvgIpc) is 3.48. The lowest BCUT2D eigenvalue weighted by Crippen LogP contribution is -2.11. The molecule has 0 N–H and O–H groups in total. The van der Waals surface area contributed by atoms with Crippen LogP contribution in [0.25, 0.3) is 35.1 Å². The summed E-state index contributed by atoms with van der Waals surface area (Å²) in [5, 5.41) is 2.46. The van der Waals surface area contributed by atoms with Crippen molar-refractivity contribution in [3.63, 3.8) is 0 Å². The second-order valence-electron chi connectivity index (χ2n) is 21.2. The van der Waals surface area contributed by atoms with Crippen molar-refractivity contribution < 1.29 is 0 Å². The first kappa shape index (κ1) is 55.3. The molecule has 392 valence electrons. The molecule has 0 aliphatic carbocycles. The third-order valence-corrected chi connectivity index (χ3v) is 15.2. The molecule has 0 aromatic heterocycles. The molecule has 0 saturated carbocycles. The molecule has 0 aliphatic heterocycles. The van der Waals surface area contributed by atoms with E-state index in [9.17, 15) is 0 Å². The molecule has 0 saturated heterocycles. The van der Waals surface area contributed by atoms with E-state index in [1.165, 1.54) is 192 Å². The van der Waals surface area contributed by atoms with Crippen LogP contribution in [-0.2, 0) is 25.7 Å². The third-order valence-electron chi connectivity index (χ3n) is 15.2. The van der Waals surface area contributed by atoms with Gasteiger partial charge >= 0.3 is 0 Å². The van der Waals surface area contributed by atoms with E-state index in [0.29, 0.717) is 0 Å². The van der Waals surface area contributed by atoms with E-state index in [1.807, 2.05) is 0 Å². The van der Waals surface area contributed by atoms with Crippen LogP contribution in [0.4, 0.5) is 34.1 Å². The van der Waals surface area contributed by atoms with Gasteiger partial charge in [0.1, 0.15) is 0 Å². The third kappa shape index (κ3) is 16.1. The van der Waals surface area contributed by atoms with Gasteiger partial charge in [0.2, 0.25) is 0 Å². The van der Waals surface area contributed by atoms with Crippen LogP contribution in [0, 0.1) is 0 Å². The summed E-state index contributed by atoms with van der Waals surface area (Å²) in [7, 11) is 0. The maximum Gasteiger partial charge on any atom is 0.0533 e. The summed E-state index contributed by atoms with van der Waals surface area (Å²) >= 11 is 0. The number of rotatable bonds is 30. The van der Waals surface area contributed by atoms with Crippen LogP contribution in [-0.4, -0.2) is 0 Å². The first-order valence-electron chi connectivity index (χ1n) is 29.6. The van der Waals surface area contributed by atoms with Crippen LogP contribution in [0.3, 0.4) is 0 Å². The van der Waals surface area contributed by atoms with Crippen molar-refractivity contribution in [1.82, 2.24) is 0 Å². The monoisotopic (exact) mass is 1000 g/mol. The molecule has 76 heavy (non-hydrogen) atoms. The highest BCUT2D eigenvalue weighted by Crippen LogP contribution is 2.40. The smallest absolute Gasteiger partial charge is 0.0533 e. The number of para-hydroxylation sites is 2. The van der Waals surface area contributed by atoms with Gasteiger partial charge in [-0.2, -0.15) is 0 Å². The van der Waals surface area contributed by atoms with Crippen LogP contribution >= 0.6 is 0 Å². The van der Waals surface area contributed by atoms with E-state index in [1.54, 1.807) is 0 Å². The zero-order valence-electron chi connectivity index (χ0n) is 46.7. The predicted octanol–water partition coefficient (Wildman–Crippen LogP) is 22.6. The Labute approximate surface area is 459 Å². The fourth-order valence-corrected chi connectivity index (χ4v) is 10.7. The number of hydrogen-bond donors (Lipinski definition) is 0. The number of hydrogen-bond acceptors (Lipinski definition) is 2. The Morgan fingerprint density at radius 2 is 0.566 bits per heavy atom. The summed E-state index contributed by atoms with van der Waals surface area (Å²) in [6.45, 7) is 9.13. The molecule has 0 bridgehead atoms. The minimum atomic E-state index is 1.13. The molecule has 0 fully saturated rings. The molecule has 8 aromatic carbocycles. The number of unbranched alkanes of at least 4 members (excludes halogenated alkanes) is 12. The Hall–Kier alpha value is -6.90. The molecular weight excluding hydrogens is 917 g/mol. The first-order chi connectivity index (χ1) is 37.5. The van der Waals surface area contributed by atoms with Gasteiger partial charge in [0.25, 0.3) is 0 Å². The van der Waals surface area contributed by atoms with Gasteiger partial charge < -0.3 is 9.80 Å². The molecular formula is C74H86N2. The fourth-order valence-electron chi connectivity index (χ4n) is 10.7. The van der Waals surface area contributed by atoms with Gasteiger partial charge in [-0.15, -0.1) is 0 Å². The lowest BCUT2D eigenvalue weighted by atomic mass is 10.0. The Kier molecular flexibility index (Phi) is 21.8. The van der Waals surface area contributed by atoms with Crippen molar-refractivity contribution in [2.45, 2.75) is 156 Å². The van der Waals surface area contributed by atoms with Crippen LogP contribution in [0.2, 0.25) is 0 Å². The lowest BCUT2D eigenvalue weighted by Gasteiger charge is -2.27. The zero-order chi connectivity index (χ0) is 52.6. The second-order valence-corrected chi connectivity index (χ2v) is 21.2. The highest BCUT2D eigenvalue weighted by atomic mass is 15.1. The summed E-state index contributed by atoms with van der Waals surface area (Å²) in [5.74, 6) is 0. The molecule has 0 aliphatic rings. The van der Waals surface area contributed by atoms with E-state index in [2.05, 4.69) is 244 Å². The van der Waals surface area contributed by atoms with E-state index < -0.39 is 0 Å². The average molecular weight is 1000 g/mol. The molecule has 0 unspecified atom stereocenters. The first-order valence-corrected chi connectivity index (χ1v) is 29.6. The Balaban J connectivity index is 1.02. The topological polar surface area (TPSA) is 6.48 Å². The largest absolute Gasteiger partial charge is 0.310 e. The summed E-state index contributed by atoms with van der Waals surface area (Å²) in [4.78, 5) is 4.88. The maximum absolute atomic E-state index is 2.44. The molecule has 2 heteroatoms. The summed E-state index contributed by atoms with van der Waals surface area (Å²) < 4.78 is 0. The molecule has 0 atom stereocenters. The maximum atomic E-state index is 2.44. The molecule has 8 rings (SSSR count). The molecule has 0 radical (unpaired) electrons. The normalized spacial score (nSPS) is 11.6. The van der Waals surface area contributed by atoms with Crippen molar-refractivity contribution in [3.05, 3.63) is 226 Å². The van der Waals surface area contributed by atoms with Crippen molar-refractivity contribution in [2.75, 3.05) is 9.80 Å². The summed E-state index contributed by atoms with van der Waals surface area (Å²) in [6, 6.07) is 68.6. The van der Waals surface area contributed by atoms with E-state index >= 15 is 0 Å². The second kappa shape index (κ2) is 30.0. The quantitative estimate of drug-likeness (QED) is 0.0327. The molecule has 0 spiro atoms. The standard InChI is InChI=1S/C74H86N2/c1-5-9-13-17-25-59-37-49-69(50-38-59)75(70-51-39-60(40-52-70)26-18-14-10-6-2)73-31-23-21-29-65(73)45-33-63-35-47-68-58-64(36-48-67(68)57-63)34-46-66-30-22-24-32-74(66)76(71-53-41-61(42-54-71)27-19-15-11-7-3)72-55-43-62(44-56-72)28-20-16-12-8-4/h21-24,29-58H,5-20,25-28H2,1-4H3/b45-33+,46-34+. The van der Waals surface area contributed by atoms with Gasteiger partial charge in [-0.25, -0.2) is 0 Å². The summed E-state index contributed by atoms with van der Waals surface area (Å²) in [6.07, 6.45) is 34.1. The minimum Gasteiger partial charge on any atom is -0.310 e. The van der Waals surface area contributed by atoms with Crippen LogP contribution < -0.4 is 9.80 Å².